The van der Waals surface area contributed by atoms with Crippen LogP contribution in [0, 0.1) is 20.8 Å². The molecule has 0 spiro atoms. The summed E-state index contributed by atoms with van der Waals surface area (Å²) < 4.78 is 0. The zero-order valence-electron chi connectivity index (χ0n) is 15.8. The lowest BCUT2D eigenvalue weighted by Gasteiger charge is -2.37. The molecule has 0 aliphatic heterocycles. The fraction of sp³-hybridized carbons (Fsp3) is 0.500. The molecule has 2 aromatic rings. The maximum absolute atomic E-state index is 6.14. The zero-order valence-corrected chi connectivity index (χ0v) is 15.8. The van der Waals surface area contributed by atoms with Gasteiger partial charge in [-0.3, -0.25) is 9.88 Å². The minimum absolute atomic E-state index is 0.391. The Morgan fingerprint density at radius 1 is 0.960 bits per heavy atom. The Bertz CT molecular complexity index is 665. The van der Waals surface area contributed by atoms with Crippen LogP contribution in [0.25, 0.3) is 0 Å². The lowest BCUT2D eigenvalue weighted by Crippen LogP contribution is -2.40. The van der Waals surface area contributed by atoms with Crippen molar-refractivity contribution in [3.8, 4) is 0 Å². The minimum Gasteiger partial charge on any atom is -0.328 e. The third-order valence-electron chi connectivity index (χ3n) is 5.59. The highest BCUT2D eigenvalue weighted by atomic mass is 15.2. The molecule has 1 saturated carbocycles. The van der Waals surface area contributed by atoms with Crippen LogP contribution in [-0.2, 0) is 13.1 Å². The number of pyridine rings is 1. The van der Waals surface area contributed by atoms with Gasteiger partial charge in [0.2, 0.25) is 0 Å². The van der Waals surface area contributed by atoms with Gasteiger partial charge in [-0.2, -0.15) is 0 Å². The van der Waals surface area contributed by atoms with E-state index in [1.807, 2.05) is 12.4 Å². The van der Waals surface area contributed by atoms with Crippen molar-refractivity contribution in [2.45, 2.75) is 71.6 Å². The standard InChI is InChI=1S/C22H31N3/c1-16-12-17(2)22(18(3)13-16)15-25(14-19-8-10-24-11-9-19)21-6-4-20(23)5-7-21/h8-13,20-21H,4-7,14-15,23H2,1-3H3. The van der Waals surface area contributed by atoms with E-state index in [0.29, 0.717) is 12.1 Å². The van der Waals surface area contributed by atoms with Gasteiger partial charge < -0.3 is 5.73 Å². The predicted molar refractivity (Wildman–Crippen MR) is 104 cm³/mol. The van der Waals surface area contributed by atoms with Crippen molar-refractivity contribution in [3.63, 3.8) is 0 Å². The number of rotatable bonds is 5. The molecule has 0 radical (unpaired) electrons. The van der Waals surface area contributed by atoms with Gasteiger partial charge in [-0.1, -0.05) is 17.7 Å². The van der Waals surface area contributed by atoms with E-state index >= 15 is 0 Å². The summed E-state index contributed by atoms with van der Waals surface area (Å²) in [6.07, 6.45) is 8.48. The number of aromatic nitrogens is 1. The molecular weight excluding hydrogens is 306 g/mol. The van der Waals surface area contributed by atoms with Crippen molar-refractivity contribution in [3.05, 3.63) is 64.5 Å². The van der Waals surface area contributed by atoms with Crippen LogP contribution in [-0.4, -0.2) is 22.0 Å². The summed E-state index contributed by atoms with van der Waals surface area (Å²) in [6.45, 7) is 8.67. The summed E-state index contributed by atoms with van der Waals surface area (Å²) in [5.41, 5.74) is 13.1. The Morgan fingerprint density at radius 2 is 1.56 bits per heavy atom. The third kappa shape index (κ3) is 4.68. The van der Waals surface area contributed by atoms with E-state index in [1.165, 1.54) is 40.7 Å². The van der Waals surface area contributed by atoms with Crippen LogP contribution in [0.2, 0.25) is 0 Å². The molecule has 3 heteroatoms. The number of aryl methyl sites for hydroxylation is 3. The molecule has 3 rings (SSSR count). The van der Waals surface area contributed by atoms with Gasteiger partial charge in [-0.15, -0.1) is 0 Å². The van der Waals surface area contributed by atoms with Crippen LogP contribution in [0.4, 0.5) is 0 Å². The normalized spacial score (nSPS) is 20.8. The highest BCUT2D eigenvalue weighted by molar-refractivity contribution is 5.37. The molecule has 2 N–H and O–H groups in total. The first-order chi connectivity index (χ1) is 12.0. The molecule has 0 atom stereocenters. The number of hydrogen-bond donors (Lipinski definition) is 1. The van der Waals surface area contributed by atoms with Crippen molar-refractivity contribution in [2.75, 3.05) is 0 Å². The summed E-state index contributed by atoms with van der Waals surface area (Å²) >= 11 is 0. The summed E-state index contributed by atoms with van der Waals surface area (Å²) in [6, 6.07) is 9.90. The van der Waals surface area contributed by atoms with Gasteiger partial charge >= 0.3 is 0 Å². The first-order valence-corrected chi connectivity index (χ1v) is 9.48. The second-order valence-corrected chi connectivity index (χ2v) is 7.71. The van der Waals surface area contributed by atoms with Gasteiger partial charge in [0.1, 0.15) is 0 Å². The van der Waals surface area contributed by atoms with E-state index in [9.17, 15) is 0 Å². The quantitative estimate of drug-likeness (QED) is 0.885. The van der Waals surface area contributed by atoms with Crippen molar-refractivity contribution in [2.24, 2.45) is 5.73 Å². The van der Waals surface area contributed by atoms with E-state index in [4.69, 9.17) is 5.73 Å². The van der Waals surface area contributed by atoms with Crippen LogP contribution in [0.1, 0.15) is 53.5 Å². The average molecular weight is 338 g/mol. The third-order valence-corrected chi connectivity index (χ3v) is 5.59. The summed E-state index contributed by atoms with van der Waals surface area (Å²) in [7, 11) is 0. The second-order valence-electron chi connectivity index (χ2n) is 7.71. The topological polar surface area (TPSA) is 42.2 Å². The molecule has 1 aliphatic carbocycles. The van der Waals surface area contributed by atoms with Crippen LogP contribution < -0.4 is 5.73 Å². The molecule has 1 aromatic carbocycles. The second kappa shape index (κ2) is 8.11. The molecule has 3 nitrogen and oxygen atoms in total. The fourth-order valence-corrected chi connectivity index (χ4v) is 4.17. The van der Waals surface area contributed by atoms with Crippen LogP contribution in [0.5, 0.6) is 0 Å². The largest absolute Gasteiger partial charge is 0.328 e. The van der Waals surface area contributed by atoms with Gasteiger partial charge in [-0.25, -0.2) is 0 Å². The number of nitrogens with two attached hydrogens (primary N) is 1. The summed E-state index contributed by atoms with van der Waals surface area (Å²) in [4.78, 5) is 6.82. The lowest BCUT2D eigenvalue weighted by molar-refractivity contribution is 0.133. The van der Waals surface area contributed by atoms with E-state index < -0.39 is 0 Å². The Hall–Kier alpha value is -1.71. The zero-order chi connectivity index (χ0) is 17.8. The Balaban J connectivity index is 1.83. The minimum atomic E-state index is 0.391. The Labute approximate surface area is 152 Å². The van der Waals surface area contributed by atoms with Gasteiger partial charge in [-0.05, 0) is 80.8 Å². The predicted octanol–water partition coefficient (Wildman–Crippen LogP) is 4.28. The van der Waals surface area contributed by atoms with Crippen LogP contribution in [0.3, 0.4) is 0 Å². The van der Waals surface area contributed by atoms with Gasteiger partial charge in [0.25, 0.3) is 0 Å². The van der Waals surface area contributed by atoms with Crippen LogP contribution in [0.15, 0.2) is 36.7 Å². The molecule has 0 amide bonds. The SMILES string of the molecule is Cc1cc(C)c(CN(Cc2ccncc2)C2CCC(N)CC2)c(C)c1. The van der Waals surface area contributed by atoms with Crippen molar-refractivity contribution < 1.29 is 0 Å². The van der Waals surface area contributed by atoms with E-state index in [0.717, 1.165) is 25.9 Å². The molecule has 0 unspecified atom stereocenters. The van der Waals surface area contributed by atoms with Crippen molar-refractivity contribution in [1.29, 1.82) is 0 Å². The maximum atomic E-state index is 6.14. The molecule has 1 fully saturated rings. The highest BCUT2D eigenvalue weighted by Gasteiger charge is 2.25. The average Bonchev–Trinajstić information content (AvgIpc) is 2.58. The maximum Gasteiger partial charge on any atom is 0.0271 e. The Morgan fingerprint density at radius 3 is 2.16 bits per heavy atom. The van der Waals surface area contributed by atoms with E-state index in [-0.39, 0.29) is 0 Å². The summed E-state index contributed by atoms with van der Waals surface area (Å²) in [5.74, 6) is 0. The van der Waals surface area contributed by atoms with Crippen LogP contribution >= 0.6 is 0 Å². The highest BCUT2D eigenvalue weighted by Crippen LogP contribution is 2.27. The number of hydrogen-bond acceptors (Lipinski definition) is 3. The summed E-state index contributed by atoms with van der Waals surface area (Å²) in [5, 5.41) is 0. The molecule has 0 bridgehead atoms. The molecule has 25 heavy (non-hydrogen) atoms. The molecule has 1 aromatic heterocycles. The smallest absolute Gasteiger partial charge is 0.0271 e. The first-order valence-electron chi connectivity index (χ1n) is 9.48. The molecule has 1 heterocycles. The first kappa shape index (κ1) is 18.1. The molecular formula is C22H31N3. The fourth-order valence-electron chi connectivity index (χ4n) is 4.17. The van der Waals surface area contributed by atoms with E-state index in [1.54, 1.807) is 0 Å². The molecule has 0 saturated heterocycles. The number of benzene rings is 1. The van der Waals surface area contributed by atoms with E-state index in [2.05, 4.69) is 54.9 Å². The van der Waals surface area contributed by atoms with Gasteiger partial charge in [0.15, 0.2) is 0 Å². The molecule has 134 valence electrons. The van der Waals surface area contributed by atoms with Crippen molar-refractivity contribution in [1.82, 2.24) is 9.88 Å². The van der Waals surface area contributed by atoms with Gasteiger partial charge in [0, 0.05) is 37.6 Å². The Kier molecular flexibility index (Phi) is 5.87. The lowest BCUT2D eigenvalue weighted by atomic mass is 9.89. The van der Waals surface area contributed by atoms with Crippen molar-refractivity contribution >= 4 is 0 Å². The number of nitrogens with zero attached hydrogens (tertiary/aromatic N) is 2. The molecule has 1 aliphatic rings. The monoisotopic (exact) mass is 337 g/mol. The van der Waals surface area contributed by atoms with Gasteiger partial charge in [0.05, 0.1) is 0 Å².